The molecule has 1 aromatic carbocycles. The summed E-state index contributed by atoms with van der Waals surface area (Å²) in [6.45, 7) is 1.68. The van der Waals surface area contributed by atoms with E-state index in [1.54, 1.807) is 27.8 Å². The van der Waals surface area contributed by atoms with E-state index in [1.807, 2.05) is 0 Å². The molecule has 0 radical (unpaired) electrons. The second kappa shape index (κ2) is 7.94. The van der Waals surface area contributed by atoms with Crippen LogP contribution < -0.4 is 0 Å². The van der Waals surface area contributed by atoms with E-state index in [0.717, 1.165) is 28.7 Å². The van der Waals surface area contributed by atoms with E-state index in [2.05, 4.69) is 33.8 Å². The number of aryl methyl sites for hydroxylation is 1. The van der Waals surface area contributed by atoms with Crippen molar-refractivity contribution in [2.45, 2.75) is 25.9 Å². The molecule has 0 N–H and O–H groups in total. The van der Waals surface area contributed by atoms with Gasteiger partial charge >= 0.3 is 0 Å². The van der Waals surface area contributed by atoms with Crippen LogP contribution in [-0.2, 0) is 19.5 Å². The van der Waals surface area contributed by atoms with Gasteiger partial charge in [0.2, 0.25) is 0 Å². The average Bonchev–Trinajstić information content (AvgIpc) is 2.98. The van der Waals surface area contributed by atoms with Crippen LogP contribution in [0.15, 0.2) is 18.2 Å². The lowest BCUT2D eigenvalue weighted by Gasteiger charge is -2.26. The van der Waals surface area contributed by atoms with Crippen molar-refractivity contribution in [3.8, 4) is 6.07 Å². The molecule has 8 heteroatoms. The Labute approximate surface area is 169 Å². The lowest BCUT2D eigenvalue weighted by Crippen LogP contribution is -2.36. The van der Waals surface area contributed by atoms with Gasteiger partial charge in [-0.15, -0.1) is 0 Å². The number of hydrogen-bond acceptors (Lipinski definition) is 3. The van der Waals surface area contributed by atoms with Gasteiger partial charge in [-0.3, -0.25) is 9.48 Å². The Morgan fingerprint density at radius 2 is 2.16 bits per heavy atom. The number of benzene rings is 1. The molecule has 0 bridgehead atoms. The highest BCUT2D eigenvalue weighted by Gasteiger charge is 2.28. The molecule has 0 spiro atoms. The molecule has 2 heterocycles. The molecule has 1 aliphatic heterocycles. The minimum atomic E-state index is -0.117. The Bertz CT molecular complexity index is 859. The second-order valence-corrected chi connectivity index (χ2v) is 7.65. The van der Waals surface area contributed by atoms with Gasteiger partial charge in [0.15, 0.2) is 0 Å². The molecule has 3 rings (SSSR count). The summed E-state index contributed by atoms with van der Waals surface area (Å²) in [5.74, 6) is -0.117. The molecular weight excluding hydrogens is 474 g/mol. The number of rotatable bonds is 4. The summed E-state index contributed by atoms with van der Waals surface area (Å²) in [5.41, 5.74) is 2.83. The summed E-state index contributed by atoms with van der Waals surface area (Å²) < 4.78 is 2.78. The number of carbonyl (C=O) groups excluding carboxylic acids is 1. The third-order valence-corrected chi connectivity index (χ3v) is 5.67. The summed E-state index contributed by atoms with van der Waals surface area (Å²) in [4.78, 5) is 14.5. The predicted molar refractivity (Wildman–Crippen MR) is 105 cm³/mol. The Hall–Kier alpha value is -1.30. The van der Waals surface area contributed by atoms with Gasteiger partial charge in [-0.25, -0.2) is 0 Å². The Morgan fingerprint density at radius 1 is 1.36 bits per heavy atom. The molecule has 2 aromatic rings. The molecule has 1 amide bonds. The van der Waals surface area contributed by atoms with E-state index >= 15 is 0 Å². The SMILES string of the molecule is N#Cc1c2c(nn1CCCI)CCN(C(=O)c1ccc(Cl)c(Cl)c1)C2. The molecular formula is C17H15Cl2IN4O. The highest BCUT2D eigenvalue weighted by Crippen LogP contribution is 2.26. The maximum absolute atomic E-state index is 12.8. The molecule has 0 aliphatic carbocycles. The first-order valence-electron chi connectivity index (χ1n) is 7.84. The lowest BCUT2D eigenvalue weighted by molar-refractivity contribution is 0.0734. The van der Waals surface area contributed by atoms with Crippen molar-refractivity contribution in [1.29, 1.82) is 5.26 Å². The van der Waals surface area contributed by atoms with Crippen LogP contribution in [0.5, 0.6) is 0 Å². The number of aromatic nitrogens is 2. The Morgan fingerprint density at radius 3 is 2.84 bits per heavy atom. The number of nitriles is 1. The third-order valence-electron chi connectivity index (χ3n) is 4.16. The van der Waals surface area contributed by atoms with Crippen molar-refractivity contribution in [1.82, 2.24) is 14.7 Å². The monoisotopic (exact) mass is 488 g/mol. The largest absolute Gasteiger partial charge is 0.334 e. The first-order chi connectivity index (χ1) is 12.0. The summed E-state index contributed by atoms with van der Waals surface area (Å²) >= 11 is 14.2. The van der Waals surface area contributed by atoms with Gasteiger partial charge in [-0.2, -0.15) is 10.4 Å². The first kappa shape index (κ1) is 18.5. The number of fused-ring (bicyclic) bond motifs is 1. The maximum Gasteiger partial charge on any atom is 0.254 e. The number of alkyl halides is 1. The minimum Gasteiger partial charge on any atom is -0.334 e. The number of carbonyl (C=O) groups is 1. The fourth-order valence-electron chi connectivity index (χ4n) is 2.91. The van der Waals surface area contributed by atoms with Crippen LogP contribution in [-0.4, -0.2) is 31.6 Å². The Balaban J connectivity index is 1.85. The molecule has 25 heavy (non-hydrogen) atoms. The van der Waals surface area contributed by atoms with Gasteiger partial charge < -0.3 is 4.90 Å². The van der Waals surface area contributed by atoms with Crippen LogP contribution in [0.2, 0.25) is 10.0 Å². The van der Waals surface area contributed by atoms with Crippen molar-refractivity contribution in [2.24, 2.45) is 0 Å². The number of hydrogen-bond donors (Lipinski definition) is 0. The number of amides is 1. The van der Waals surface area contributed by atoms with E-state index in [-0.39, 0.29) is 5.91 Å². The fourth-order valence-corrected chi connectivity index (χ4v) is 3.55. The number of halogens is 3. The molecule has 0 atom stereocenters. The highest BCUT2D eigenvalue weighted by molar-refractivity contribution is 14.1. The van der Waals surface area contributed by atoms with Crippen LogP contribution in [0.3, 0.4) is 0 Å². The van der Waals surface area contributed by atoms with Crippen molar-refractivity contribution in [2.75, 3.05) is 11.0 Å². The minimum absolute atomic E-state index is 0.117. The molecule has 0 unspecified atom stereocenters. The van der Waals surface area contributed by atoms with Crippen LogP contribution in [0.4, 0.5) is 0 Å². The van der Waals surface area contributed by atoms with Crippen LogP contribution in [0.1, 0.15) is 33.7 Å². The van der Waals surface area contributed by atoms with Gasteiger partial charge in [0.1, 0.15) is 11.8 Å². The van der Waals surface area contributed by atoms with Crippen molar-refractivity contribution in [3.63, 3.8) is 0 Å². The van der Waals surface area contributed by atoms with Gasteiger partial charge in [0.05, 0.1) is 22.3 Å². The zero-order valence-electron chi connectivity index (χ0n) is 13.3. The van der Waals surface area contributed by atoms with Gasteiger partial charge in [0.25, 0.3) is 5.91 Å². The fraction of sp³-hybridized carbons (Fsp3) is 0.353. The molecule has 0 saturated heterocycles. The van der Waals surface area contributed by atoms with Gasteiger partial charge in [-0.05, 0) is 24.6 Å². The molecule has 1 aliphatic rings. The smallest absolute Gasteiger partial charge is 0.254 e. The first-order valence-corrected chi connectivity index (χ1v) is 10.1. The molecule has 1 aromatic heterocycles. The summed E-state index contributed by atoms with van der Waals surface area (Å²) in [6.07, 6.45) is 1.61. The quantitative estimate of drug-likeness (QED) is 0.481. The van der Waals surface area contributed by atoms with Crippen LogP contribution >= 0.6 is 45.8 Å². The highest BCUT2D eigenvalue weighted by atomic mass is 127. The van der Waals surface area contributed by atoms with Crippen molar-refractivity contribution < 1.29 is 4.79 Å². The zero-order valence-corrected chi connectivity index (χ0v) is 17.0. The van der Waals surface area contributed by atoms with Crippen molar-refractivity contribution >= 4 is 51.7 Å². The van der Waals surface area contributed by atoms with E-state index in [9.17, 15) is 10.1 Å². The predicted octanol–water partition coefficient (Wildman–Crippen LogP) is 4.09. The van der Waals surface area contributed by atoms with E-state index in [0.29, 0.717) is 40.8 Å². The second-order valence-electron chi connectivity index (χ2n) is 5.76. The molecule has 5 nitrogen and oxygen atoms in total. The van der Waals surface area contributed by atoms with Crippen LogP contribution in [0.25, 0.3) is 0 Å². The van der Waals surface area contributed by atoms with Crippen LogP contribution in [0, 0.1) is 11.3 Å². The summed E-state index contributed by atoms with van der Waals surface area (Å²) in [7, 11) is 0. The standard InChI is InChI=1S/C17H15Cl2IN4O/c18-13-3-2-11(8-14(13)19)17(25)23-7-4-15-12(10-23)16(9-21)24(22-15)6-1-5-20/h2-3,8H,1,4-7,10H2. The molecule has 0 saturated carbocycles. The topological polar surface area (TPSA) is 61.9 Å². The van der Waals surface area contributed by atoms with Gasteiger partial charge in [-0.1, -0.05) is 45.8 Å². The van der Waals surface area contributed by atoms with E-state index in [1.165, 1.54) is 0 Å². The van der Waals surface area contributed by atoms with Gasteiger partial charge in [0, 0.05) is 35.1 Å². The van der Waals surface area contributed by atoms with E-state index in [4.69, 9.17) is 23.2 Å². The maximum atomic E-state index is 12.8. The normalized spacial score (nSPS) is 13.4. The van der Waals surface area contributed by atoms with E-state index < -0.39 is 0 Å². The Kier molecular flexibility index (Phi) is 5.87. The zero-order chi connectivity index (χ0) is 18.0. The van der Waals surface area contributed by atoms with Crippen molar-refractivity contribution in [3.05, 3.63) is 50.8 Å². The summed E-state index contributed by atoms with van der Waals surface area (Å²) in [5, 5.41) is 14.9. The molecule has 0 fully saturated rings. The average molecular weight is 489 g/mol. The number of nitrogens with zero attached hydrogens (tertiary/aromatic N) is 4. The summed E-state index contributed by atoms with van der Waals surface area (Å²) in [6, 6.07) is 7.12. The lowest BCUT2D eigenvalue weighted by atomic mass is 10.0. The molecule has 130 valence electrons. The third kappa shape index (κ3) is 3.78.